The first kappa shape index (κ1) is 22.1. The molecule has 0 saturated heterocycles. The molecule has 4 aromatic rings. The van der Waals surface area contributed by atoms with Crippen LogP contribution >= 0.6 is 0 Å². The highest BCUT2D eigenvalue weighted by molar-refractivity contribution is 6.10. The molecule has 4 rings (SSSR count). The van der Waals surface area contributed by atoms with E-state index in [0.29, 0.717) is 0 Å². The van der Waals surface area contributed by atoms with E-state index in [1.165, 1.54) is 58.7 Å². The molecule has 0 aliphatic carbocycles. The van der Waals surface area contributed by atoms with E-state index in [1.807, 2.05) is 12.1 Å². The van der Waals surface area contributed by atoms with E-state index in [4.69, 9.17) is 11.5 Å². The van der Waals surface area contributed by atoms with E-state index in [0.717, 1.165) is 28.8 Å². The Balaban J connectivity index is 1.79. The Hall–Kier alpha value is -3.11. The Morgan fingerprint density at radius 2 is 1.34 bits per heavy atom. The number of nitrogen functional groups attached to an aromatic ring is 2. The average Bonchev–Trinajstić information content (AvgIpc) is 2.75. The van der Waals surface area contributed by atoms with Crippen molar-refractivity contribution >= 4 is 33.1 Å². The SMILES string of the molecule is C[N+](C)(C)CCCCCC[n+]1c(-c2ccccc2)c2cc(N)ccc2c2ccc(N)cc21. The summed E-state index contributed by atoms with van der Waals surface area (Å²) >= 11 is 0. The Bertz CT molecular complexity index is 1220. The normalized spacial score (nSPS) is 12.0. The molecule has 1 heterocycles. The number of aryl methyl sites for hydroxylation is 1. The second-order valence-corrected chi connectivity index (χ2v) is 9.88. The van der Waals surface area contributed by atoms with Crippen LogP contribution in [0, 0.1) is 0 Å². The summed E-state index contributed by atoms with van der Waals surface area (Å²) in [4.78, 5) is 0. The van der Waals surface area contributed by atoms with Gasteiger partial charge in [-0.15, -0.1) is 0 Å². The lowest BCUT2D eigenvalue weighted by molar-refractivity contribution is -0.870. The second kappa shape index (κ2) is 9.17. The number of hydrogen-bond acceptors (Lipinski definition) is 2. The maximum Gasteiger partial charge on any atom is 0.220 e. The van der Waals surface area contributed by atoms with Crippen LogP contribution in [0.5, 0.6) is 0 Å². The largest absolute Gasteiger partial charge is 0.399 e. The summed E-state index contributed by atoms with van der Waals surface area (Å²) in [6.07, 6.45) is 4.89. The number of benzene rings is 3. The molecule has 0 radical (unpaired) electrons. The van der Waals surface area contributed by atoms with Crippen LogP contribution in [0.4, 0.5) is 11.4 Å². The van der Waals surface area contributed by atoms with Crippen LogP contribution in [0.15, 0.2) is 66.7 Å². The highest BCUT2D eigenvalue weighted by Gasteiger charge is 2.23. The lowest BCUT2D eigenvalue weighted by Crippen LogP contribution is -2.38. The molecule has 1 aromatic heterocycles. The number of aromatic nitrogens is 1. The predicted molar refractivity (Wildman–Crippen MR) is 137 cm³/mol. The third kappa shape index (κ3) is 4.86. The van der Waals surface area contributed by atoms with Gasteiger partial charge in [0, 0.05) is 34.8 Å². The van der Waals surface area contributed by atoms with Crippen molar-refractivity contribution in [1.82, 2.24) is 0 Å². The van der Waals surface area contributed by atoms with Gasteiger partial charge in [-0.05, 0) is 55.7 Å². The number of pyridine rings is 1. The van der Waals surface area contributed by atoms with E-state index >= 15 is 0 Å². The number of quaternary nitrogens is 1. The molecule has 4 heteroatoms. The smallest absolute Gasteiger partial charge is 0.220 e. The number of rotatable bonds is 8. The van der Waals surface area contributed by atoms with Crippen LogP contribution in [-0.2, 0) is 6.54 Å². The van der Waals surface area contributed by atoms with Gasteiger partial charge in [-0.1, -0.05) is 24.3 Å². The molecular formula is C28H36N4+2. The van der Waals surface area contributed by atoms with Crippen molar-refractivity contribution in [3.63, 3.8) is 0 Å². The van der Waals surface area contributed by atoms with Crippen molar-refractivity contribution in [2.75, 3.05) is 39.2 Å². The molecule has 0 saturated carbocycles. The number of fused-ring (bicyclic) bond motifs is 3. The van der Waals surface area contributed by atoms with Gasteiger partial charge in [0.25, 0.3) is 0 Å². The zero-order chi connectivity index (χ0) is 22.7. The van der Waals surface area contributed by atoms with Gasteiger partial charge < -0.3 is 16.0 Å². The van der Waals surface area contributed by atoms with Gasteiger partial charge in [0.15, 0.2) is 0 Å². The summed E-state index contributed by atoms with van der Waals surface area (Å²) in [5.74, 6) is 0. The summed E-state index contributed by atoms with van der Waals surface area (Å²) in [5, 5.41) is 3.63. The van der Waals surface area contributed by atoms with Crippen LogP contribution in [0.2, 0.25) is 0 Å². The standard InChI is InChI=1S/C28H35N4/c1-32(2,3)18-10-5-4-9-17-31-27-20-23(30)14-16-25(27)24-15-13-22(29)19-26(24)28(31)21-11-7-6-8-12-21/h6-8,11-16,19-20,30H,4-5,9-10,17-18,29H2,1-3H3/q+1/p+1. The van der Waals surface area contributed by atoms with E-state index < -0.39 is 0 Å². The van der Waals surface area contributed by atoms with E-state index in [9.17, 15) is 0 Å². The van der Waals surface area contributed by atoms with Gasteiger partial charge in [0.2, 0.25) is 11.2 Å². The summed E-state index contributed by atoms with van der Waals surface area (Å²) < 4.78 is 3.49. The van der Waals surface area contributed by atoms with Gasteiger partial charge in [0.05, 0.1) is 38.5 Å². The van der Waals surface area contributed by atoms with E-state index in [1.54, 1.807) is 0 Å². The highest BCUT2D eigenvalue weighted by Crippen LogP contribution is 2.33. The first-order valence-electron chi connectivity index (χ1n) is 11.6. The third-order valence-corrected chi connectivity index (χ3v) is 6.18. The summed E-state index contributed by atoms with van der Waals surface area (Å²) in [6.45, 7) is 2.18. The number of nitrogens with zero attached hydrogens (tertiary/aromatic N) is 2. The Labute approximate surface area is 191 Å². The van der Waals surface area contributed by atoms with Crippen molar-refractivity contribution in [2.45, 2.75) is 32.2 Å². The number of unbranched alkanes of at least 4 members (excludes halogenated alkanes) is 3. The molecule has 0 spiro atoms. The Morgan fingerprint density at radius 3 is 2.06 bits per heavy atom. The van der Waals surface area contributed by atoms with Crippen LogP contribution in [-0.4, -0.2) is 32.2 Å². The van der Waals surface area contributed by atoms with Crippen molar-refractivity contribution < 1.29 is 9.05 Å². The van der Waals surface area contributed by atoms with Gasteiger partial charge >= 0.3 is 0 Å². The van der Waals surface area contributed by atoms with Crippen molar-refractivity contribution in [2.24, 2.45) is 0 Å². The number of nitrogens with two attached hydrogens (primary N) is 2. The second-order valence-electron chi connectivity index (χ2n) is 9.88. The summed E-state index contributed by atoms with van der Waals surface area (Å²) in [5.41, 5.74) is 17.7. The average molecular weight is 429 g/mol. The topological polar surface area (TPSA) is 55.9 Å². The molecule has 166 valence electrons. The van der Waals surface area contributed by atoms with Gasteiger partial charge in [0.1, 0.15) is 6.54 Å². The van der Waals surface area contributed by atoms with Crippen molar-refractivity contribution in [3.05, 3.63) is 66.7 Å². The lowest BCUT2D eigenvalue weighted by atomic mass is 9.98. The minimum atomic E-state index is 0.788. The van der Waals surface area contributed by atoms with Crippen LogP contribution in [0.1, 0.15) is 25.7 Å². The fourth-order valence-electron chi connectivity index (χ4n) is 4.61. The van der Waals surface area contributed by atoms with Crippen LogP contribution < -0.4 is 16.0 Å². The van der Waals surface area contributed by atoms with Gasteiger partial charge in [-0.2, -0.15) is 4.57 Å². The van der Waals surface area contributed by atoms with Crippen LogP contribution in [0.3, 0.4) is 0 Å². The quantitative estimate of drug-likeness (QED) is 0.130. The first-order valence-corrected chi connectivity index (χ1v) is 11.6. The van der Waals surface area contributed by atoms with E-state index in [-0.39, 0.29) is 0 Å². The Kier molecular flexibility index (Phi) is 6.33. The molecule has 0 aliphatic heterocycles. The Morgan fingerprint density at radius 1 is 0.688 bits per heavy atom. The predicted octanol–water partition coefficient (Wildman–Crippen LogP) is 5.38. The van der Waals surface area contributed by atoms with Crippen molar-refractivity contribution in [3.8, 4) is 11.3 Å². The molecule has 4 nitrogen and oxygen atoms in total. The maximum absolute atomic E-state index is 6.25. The molecule has 4 N–H and O–H groups in total. The molecule has 0 aliphatic rings. The van der Waals surface area contributed by atoms with Gasteiger partial charge in [-0.25, -0.2) is 0 Å². The molecular weight excluding hydrogens is 392 g/mol. The third-order valence-electron chi connectivity index (χ3n) is 6.18. The monoisotopic (exact) mass is 428 g/mol. The molecule has 3 aromatic carbocycles. The fraction of sp³-hybridized carbons (Fsp3) is 0.321. The zero-order valence-corrected chi connectivity index (χ0v) is 19.6. The molecule has 0 atom stereocenters. The molecule has 0 bridgehead atoms. The number of anilines is 2. The lowest BCUT2D eigenvalue weighted by Gasteiger charge is -2.23. The van der Waals surface area contributed by atoms with Gasteiger partial charge in [-0.3, -0.25) is 0 Å². The minimum Gasteiger partial charge on any atom is -0.399 e. The zero-order valence-electron chi connectivity index (χ0n) is 19.6. The molecule has 0 amide bonds. The maximum atomic E-state index is 6.25. The molecule has 0 fully saturated rings. The highest BCUT2D eigenvalue weighted by atomic mass is 15.3. The summed E-state index contributed by atoms with van der Waals surface area (Å²) in [6, 6.07) is 23.2. The molecule has 32 heavy (non-hydrogen) atoms. The molecule has 0 unspecified atom stereocenters. The summed E-state index contributed by atoms with van der Waals surface area (Å²) in [7, 11) is 6.79. The van der Waals surface area contributed by atoms with E-state index in [2.05, 4.69) is 80.3 Å². The first-order chi connectivity index (χ1) is 15.3. The minimum absolute atomic E-state index is 0.788. The fourth-order valence-corrected chi connectivity index (χ4v) is 4.61. The van der Waals surface area contributed by atoms with Crippen molar-refractivity contribution in [1.29, 1.82) is 0 Å². The van der Waals surface area contributed by atoms with Crippen LogP contribution in [0.25, 0.3) is 32.9 Å². The number of hydrogen-bond donors (Lipinski definition) is 2.